The molecule has 0 spiro atoms. The highest BCUT2D eigenvalue weighted by molar-refractivity contribution is 4.92. The third-order valence-corrected chi connectivity index (χ3v) is 4.36. The molecule has 1 aliphatic rings. The van der Waals surface area contributed by atoms with Crippen molar-refractivity contribution in [1.29, 1.82) is 0 Å². The van der Waals surface area contributed by atoms with E-state index in [1.165, 1.54) is 64.3 Å². The fourth-order valence-corrected chi connectivity index (χ4v) is 3.03. The maximum atomic E-state index is 3.87. The Morgan fingerprint density at radius 2 is 1.88 bits per heavy atom. The van der Waals surface area contributed by atoms with Gasteiger partial charge in [0.25, 0.3) is 0 Å². The molecular formula is C15H31N. The molecule has 0 amide bonds. The van der Waals surface area contributed by atoms with Gasteiger partial charge in [0, 0.05) is 5.54 Å². The van der Waals surface area contributed by atoms with Crippen molar-refractivity contribution >= 4 is 0 Å². The molecule has 1 aliphatic heterocycles. The van der Waals surface area contributed by atoms with Crippen LogP contribution in [0.25, 0.3) is 0 Å². The van der Waals surface area contributed by atoms with Crippen LogP contribution >= 0.6 is 0 Å². The predicted molar refractivity (Wildman–Crippen MR) is 72.8 cm³/mol. The molecule has 1 atom stereocenters. The lowest BCUT2D eigenvalue weighted by Gasteiger charge is -2.38. The van der Waals surface area contributed by atoms with E-state index in [4.69, 9.17) is 0 Å². The molecule has 0 bridgehead atoms. The number of rotatable bonds is 6. The number of hydrogen-bond acceptors (Lipinski definition) is 1. The van der Waals surface area contributed by atoms with Gasteiger partial charge < -0.3 is 5.32 Å². The minimum absolute atomic E-state index is 0.463. The SMILES string of the molecule is CCCCCCC1(C(C)C)CCCCCN1. The molecule has 0 aromatic rings. The van der Waals surface area contributed by atoms with Crippen molar-refractivity contribution in [3.05, 3.63) is 0 Å². The second-order valence-corrected chi connectivity index (χ2v) is 5.86. The average molecular weight is 225 g/mol. The lowest BCUT2D eigenvalue weighted by Crippen LogP contribution is -2.49. The molecule has 1 heteroatoms. The van der Waals surface area contributed by atoms with E-state index in [0.29, 0.717) is 5.54 Å². The summed E-state index contributed by atoms with van der Waals surface area (Å²) in [6.45, 7) is 8.34. The maximum absolute atomic E-state index is 3.87. The zero-order valence-electron chi connectivity index (χ0n) is 11.6. The normalized spacial score (nSPS) is 27.0. The molecule has 1 unspecified atom stereocenters. The standard InChI is InChI=1S/C15H31N/c1-4-5-6-8-11-15(14(2)3)12-9-7-10-13-16-15/h14,16H,4-13H2,1-3H3. The van der Waals surface area contributed by atoms with Crippen molar-refractivity contribution in [3.8, 4) is 0 Å². The number of unbranched alkanes of at least 4 members (excludes halogenated alkanes) is 3. The molecular weight excluding hydrogens is 194 g/mol. The zero-order valence-corrected chi connectivity index (χ0v) is 11.6. The Morgan fingerprint density at radius 1 is 1.06 bits per heavy atom. The van der Waals surface area contributed by atoms with Gasteiger partial charge >= 0.3 is 0 Å². The minimum Gasteiger partial charge on any atom is -0.311 e. The van der Waals surface area contributed by atoms with Crippen LogP contribution < -0.4 is 5.32 Å². The highest BCUT2D eigenvalue weighted by Gasteiger charge is 2.32. The van der Waals surface area contributed by atoms with Gasteiger partial charge in [-0.15, -0.1) is 0 Å². The van der Waals surface area contributed by atoms with Crippen LogP contribution in [0.5, 0.6) is 0 Å². The first-order chi connectivity index (χ1) is 7.71. The van der Waals surface area contributed by atoms with Gasteiger partial charge in [-0.2, -0.15) is 0 Å². The average Bonchev–Trinajstić information content (AvgIpc) is 2.51. The summed E-state index contributed by atoms with van der Waals surface area (Å²) in [5.74, 6) is 0.784. The van der Waals surface area contributed by atoms with Crippen LogP contribution in [0.2, 0.25) is 0 Å². The van der Waals surface area contributed by atoms with Crippen LogP contribution in [0.3, 0.4) is 0 Å². The molecule has 1 nitrogen and oxygen atoms in total. The second kappa shape index (κ2) is 7.32. The minimum atomic E-state index is 0.463. The summed E-state index contributed by atoms with van der Waals surface area (Å²) >= 11 is 0. The van der Waals surface area contributed by atoms with Crippen molar-refractivity contribution in [1.82, 2.24) is 5.32 Å². The van der Waals surface area contributed by atoms with Gasteiger partial charge in [0.2, 0.25) is 0 Å². The van der Waals surface area contributed by atoms with E-state index in [1.807, 2.05) is 0 Å². The van der Waals surface area contributed by atoms with Gasteiger partial charge in [-0.3, -0.25) is 0 Å². The van der Waals surface area contributed by atoms with Crippen LogP contribution in [-0.4, -0.2) is 12.1 Å². The molecule has 0 radical (unpaired) electrons. The summed E-state index contributed by atoms with van der Waals surface area (Å²) in [4.78, 5) is 0. The van der Waals surface area contributed by atoms with Gasteiger partial charge in [-0.05, 0) is 31.7 Å². The quantitative estimate of drug-likeness (QED) is 0.656. The molecule has 96 valence electrons. The summed E-state index contributed by atoms with van der Waals surface area (Å²) in [7, 11) is 0. The van der Waals surface area contributed by atoms with Crippen molar-refractivity contribution in [2.45, 2.75) is 84.1 Å². The molecule has 0 aromatic carbocycles. The smallest absolute Gasteiger partial charge is 0.0204 e. The number of nitrogens with one attached hydrogen (secondary N) is 1. The lowest BCUT2D eigenvalue weighted by atomic mass is 9.78. The molecule has 1 fully saturated rings. The molecule has 1 N–H and O–H groups in total. The summed E-state index contributed by atoms with van der Waals surface area (Å²) in [6, 6.07) is 0. The van der Waals surface area contributed by atoms with Crippen molar-refractivity contribution in [3.63, 3.8) is 0 Å². The van der Waals surface area contributed by atoms with Gasteiger partial charge in [0.05, 0.1) is 0 Å². The molecule has 1 saturated heterocycles. The summed E-state index contributed by atoms with van der Waals surface area (Å²) in [5.41, 5.74) is 0.463. The third-order valence-electron chi connectivity index (χ3n) is 4.36. The first-order valence-corrected chi connectivity index (χ1v) is 7.46. The van der Waals surface area contributed by atoms with Crippen LogP contribution in [0.1, 0.15) is 78.6 Å². The van der Waals surface area contributed by atoms with E-state index in [1.54, 1.807) is 0 Å². The third kappa shape index (κ3) is 4.08. The number of hydrogen-bond donors (Lipinski definition) is 1. The Morgan fingerprint density at radius 3 is 2.56 bits per heavy atom. The Balaban J connectivity index is 2.43. The van der Waals surface area contributed by atoms with E-state index in [2.05, 4.69) is 26.1 Å². The van der Waals surface area contributed by atoms with Crippen molar-refractivity contribution in [2.24, 2.45) is 5.92 Å². The largest absolute Gasteiger partial charge is 0.311 e. The van der Waals surface area contributed by atoms with Crippen LogP contribution in [0.4, 0.5) is 0 Å². The van der Waals surface area contributed by atoms with E-state index in [9.17, 15) is 0 Å². The summed E-state index contributed by atoms with van der Waals surface area (Å²) < 4.78 is 0. The van der Waals surface area contributed by atoms with Crippen molar-refractivity contribution < 1.29 is 0 Å². The summed E-state index contributed by atoms with van der Waals surface area (Å²) in [5, 5.41) is 3.87. The van der Waals surface area contributed by atoms with Crippen LogP contribution in [0, 0.1) is 5.92 Å². The van der Waals surface area contributed by atoms with E-state index in [-0.39, 0.29) is 0 Å². The van der Waals surface area contributed by atoms with E-state index in [0.717, 1.165) is 5.92 Å². The lowest BCUT2D eigenvalue weighted by molar-refractivity contribution is 0.204. The van der Waals surface area contributed by atoms with Crippen molar-refractivity contribution in [2.75, 3.05) is 6.54 Å². The first-order valence-electron chi connectivity index (χ1n) is 7.46. The van der Waals surface area contributed by atoms with Crippen LogP contribution in [0.15, 0.2) is 0 Å². The zero-order chi connectivity index (χ0) is 11.9. The summed E-state index contributed by atoms with van der Waals surface area (Å²) in [6.07, 6.45) is 12.6. The molecule has 0 aliphatic carbocycles. The fraction of sp³-hybridized carbons (Fsp3) is 1.00. The second-order valence-electron chi connectivity index (χ2n) is 5.86. The Hall–Kier alpha value is -0.0400. The maximum Gasteiger partial charge on any atom is 0.0204 e. The molecule has 1 rings (SSSR count). The van der Waals surface area contributed by atoms with Gasteiger partial charge in [-0.25, -0.2) is 0 Å². The highest BCUT2D eigenvalue weighted by Crippen LogP contribution is 2.31. The van der Waals surface area contributed by atoms with Crippen LogP contribution in [-0.2, 0) is 0 Å². The predicted octanol–water partition coefficient (Wildman–Crippen LogP) is 4.52. The van der Waals surface area contributed by atoms with E-state index >= 15 is 0 Å². The first kappa shape index (κ1) is 14.0. The molecule has 16 heavy (non-hydrogen) atoms. The van der Waals surface area contributed by atoms with Gasteiger partial charge in [0.1, 0.15) is 0 Å². The highest BCUT2D eigenvalue weighted by atomic mass is 15.0. The Bertz CT molecular complexity index is 166. The fourth-order valence-electron chi connectivity index (χ4n) is 3.03. The Kier molecular flexibility index (Phi) is 6.41. The van der Waals surface area contributed by atoms with E-state index < -0.39 is 0 Å². The Labute approximate surface area is 102 Å². The molecule has 0 saturated carbocycles. The molecule has 1 heterocycles. The monoisotopic (exact) mass is 225 g/mol. The molecule has 0 aromatic heterocycles. The topological polar surface area (TPSA) is 12.0 Å². The van der Waals surface area contributed by atoms with Gasteiger partial charge in [0.15, 0.2) is 0 Å². The van der Waals surface area contributed by atoms with Gasteiger partial charge in [-0.1, -0.05) is 59.3 Å².